The largest absolute Gasteiger partial charge is 0.342 e. The van der Waals surface area contributed by atoms with Crippen molar-refractivity contribution >= 4 is 5.91 Å². The first-order valence-electron chi connectivity index (χ1n) is 8.92. The van der Waals surface area contributed by atoms with Crippen molar-refractivity contribution in [1.29, 1.82) is 0 Å². The number of rotatable bonds is 5. The Balaban J connectivity index is 1.43. The van der Waals surface area contributed by atoms with Crippen molar-refractivity contribution in [1.82, 2.24) is 15.0 Å². The third kappa shape index (κ3) is 3.38. The number of carbonyl (C=O) groups excluding carboxylic acids is 1. The van der Waals surface area contributed by atoms with Crippen molar-refractivity contribution in [2.24, 2.45) is 0 Å². The maximum atomic E-state index is 12.3. The Morgan fingerprint density at radius 3 is 2.69 bits per heavy atom. The number of carbonyl (C=O) groups is 1. The van der Waals surface area contributed by atoms with E-state index >= 15 is 0 Å². The molecule has 5 heteroatoms. The number of hydrogen-bond donors (Lipinski definition) is 0. The van der Waals surface area contributed by atoms with E-state index in [0.29, 0.717) is 24.7 Å². The summed E-state index contributed by atoms with van der Waals surface area (Å²) < 4.78 is 5.48. The molecule has 4 rings (SSSR count). The molecule has 5 nitrogen and oxygen atoms in total. The van der Waals surface area contributed by atoms with E-state index in [1.807, 2.05) is 54.3 Å². The molecule has 1 atom stereocenters. The summed E-state index contributed by atoms with van der Waals surface area (Å²) in [7, 11) is 0. The van der Waals surface area contributed by atoms with Crippen LogP contribution in [0.15, 0.2) is 59.1 Å². The Bertz CT molecular complexity index is 904. The standard InChI is InChI=1S/C21H21N3O2/c1-15-7-5-6-10-18(15)20-22-21(26-23-20)17-13-19(25)24(14-17)12-11-16-8-3-2-4-9-16/h2-10,17H,11-14H2,1H3. The third-order valence-electron chi connectivity index (χ3n) is 4.90. The Hall–Kier alpha value is -2.95. The average Bonchev–Trinajstić information content (AvgIpc) is 3.28. The van der Waals surface area contributed by atoms with Gasteiger partial charge in [-0.1, -0.05) is 59.8 Å². The van der Waals surface area contributed by atoms with Crippen molar-refractivity contribution in [3.63, 3.8) is 0 Å². The minimum absolute atomic E-state index is 0.0245. The van der Waals surface area contributed by atoms with E-state index in [1.54, 1.807) is 0 Å². The Kier molecular flexibility index (Phi) is 4.52. The minimum atomic E-state index is -0.0245. The van der Waals surface area contributed by atoms with Crippen LogP contribution in [0.3, 0.4) is 0 Å². The molecule has 2 aromatic carbocycles. The van der Waals surface area contributed by atoms with E-state index in [2.05, 4.69) is 22.3 Å². The van der Waals surface area contributed by atoms with Crippen molar-refractivity contribution in [2.45, 2.75) is 25.7 Å². The number of benzene rings is 2. The second-order valence-corrected chi connectivity index (χ2v) is 6.75. The highest BCUT2D eigenvalue weighted by atomic mass is 16.5. The zero-order chi connectivity index (χ0) is 17.9. The van der Waals surface area contributed by atoms with Crippen molar-refractivity contribution < 1.29 is 9.32 Å². The lowest BCUT2D eigenvalue weighted by Crippen LogP contribution is -2.27. The summed E-state index contributed by atoms with van der Waals surface area (Å²) in [5.41, 5.74) is 3.31. The predicted molar refractivity (Wildman–Crippen MR) is 98.6 cm³/mol. The van der Waals surface area contributed by atoms with Gasteiger partial charge >= 0.3 is 0 Å². The van der Waals surface area contributed by atoms with Crippen LogP contribution in [0, 0.1) is 6.92 Å². The smallest absolute Gasteiger partial charge is 0.232 e. The molecule has 1 unspecified atom stereocenters. The van der Waals surface area contributed by atoms with E-state index in [-0.39, 0.29) is 11.8 Å². The number of nitrogens with zero attached hydrogens (tertiary/aromatic N) is 3. The van der Waals surface area contributed by atoms with Gasteiger partial charge in [0.15, 0.2) is 0 Å². The lowest BCUT2D eigenvalue weighted by Gasteiger charge is -2.15. The average molecular weight is 347 g/mol. The SMILES string of the molecule is Cc1ccccc1-c1noc(C2CC(=O)N(CCc3ccccc3)C2)n1. The molecule has 1 fully saturated rings. The summed E-state index contributed by atoms with van der Waals surface area (Å²) in [5, 5.41) is 4.12. The number of likely N-dealkylation sites (tertiary alicyclic amines) is 1. The van der Waals surface area contributed by atoms with Crippen LogP contribution in [-0.2, 0) is 11.2 Å². The summed E-state index contributed by atoms with van der Waals surface area (Å²) in [6.07, 6.45) is 1.29. The van der Waals surface area contributed by atoms with Crippen LogP contribution in [0.4, 0.5) is 0 Å². The van der Waals surface area contributed by atoms with Gasteiger partial charge in [-0.25, -0.2) is 0 Å². The first-order valence-corrected chi connectivity index (χ1v) is 8.92. The van der Waals surface area contributed by atoms with Gasteiger partial charge in [0.25, 0.3) is 0 Å². The number of aryl methyl sites for hydroxylation is 1. The molecule has 0 N–H and O–H groups in total. The van der Waals surface area contributed by atoms with Gasteiger partial charge in [0.05, 0.1) is 5.92 Å². The molecule has 1 amide bonds. The fourth-order valence-electron chi connectivity index (χ4n) is 3.40. The van der Waals surface area contributed by atoms with Gasteiger partial charge in [-0.05, 0) is 24.5 Å². The predicted octanol–water partition coefficient (Wildman–Crippen LogP) is 3.60. The molecule has 0 aliphatic carbocycles. The van der Waals surface area contributed by atoms with E-state index in [0.717, 1.165) is 24.1 Å². The molecule has 0 spiro atoms. The molecule has 0 radical (unpaired) electrons. The summed E-state index contributed by atoms with van der Waals surface area (Å²) >= 11 is 0. The monoisotopic (exact) mass is 347 g/mol. The highest BCUT2D eigenvalue weighted by Crippen LogP contribution is 2.29. The van der Waals surface area contributed by atoms with Crippen LogP contribution >= 0.6 is 0 Å². The van der Waals surface area contributed by atoms with Crippen LogP contribution < -0.4 is 0 Å². The summed E-state index contributed by atoms with van der Waals surface area (Å²) in [6, 6.07) is 18.2. The zero-order valence-electron chi connectivity index (χ0n) is 14.8. The van der Waals surface area contributed by atoms with Gasteiger partial charge in [0, 0.05) is 25.1 Å². The second kappa shape index (κ2) is 7.12. The van der Waals surface area contributed by atoms with Gasteiger partial charge in [-0.2, -0.15) is 4.98 Å². The maximum Gasteiger partial charge on any atom is 0.232 e. The first kappa shape index (κ1) is 16.5. The van der Waals surface area contributed by atoms with Crippen LogP contribution in [0.2, 0.25) is 0 Å². The highest BCUT2D eigenvalue weighted by molar-refractivity contribution is 5.79. The molecule has 0 saturated carbocycles. The van der Waals surface area contributed by atoms with Gasteiger partial charge < -0.3 is 9.42 Å². The molecular formula is C21H21N3O2. The van der Waals surface area contributed by atoms with Gasteiger partial charge in [0.2, 0.25) is 17.6 Å². The van der Waals surface area contributed by atoms with Crippen LogP contribution in [0.5, 0.6) is 0 Å². The normalized spacial score (nSPS) is 17.0. The van der Waals surface area contributed by atoms with Gasteiger partial charge in [-0.3, -0.25) is 4.79 Å². The summed E-state index contributed by atoms with van der Waals surface area (Å²) in [6.45, 7) is 3.38. The number of hydrogen-bond acceptors (Lipinski definition) is 4. The molecular weight excluding hydrogens is 326 g/mol. The van der Waals surface area contributed by atoms with E-state index in [9.17, 15) is 4.79 Å². The minimum Gasteiger partial charge on any atom is -0.342 e. The molecule has 26 heavy (non-hydrogen) atoms. The van der Waals surface area contributed by atoms with Crippen molar-refractivity contribution in [2.75, 3.05) is 13.1 Å². The molecule has 0 bridgehead atoms. The van der Waals surface area contributed by atoms with Crippen LogP contribution in [0.1, 0.15) is 29.4 Å². The highest BCUT2D eigenvalue weighted by Gasteiger charge is 2.34. The lowest BCUT2D eigenvalue weighted by atomic mass is 10.1. The Labute approximate surface area is 152 Å². The summed E-state index contributed by atoms with van der Waals surface area (Å²) in [5.74, 6) is 1.28. The molecule has 2 heterocycles. The molecule has 3 aromatic rings. The topological polar surface area (TPSA) is 59.2 Å². The Morgan fingerprint density at radius 1 is 1.12 bits per heavy atom. The number of amides is 1. The fraction of sp³-hybridized carbons (Fsp3) is 0.286. The third-order valence-corrected chi connectivity index (χ3v) is 4.90. The Morgan fingerprint density at radius 2 is 1.88 bits per heavy atom. The van der Waals surface area contributed by atoms with Crippen molar-refractivity contribution in [3.05, 3.63) is 71.6 Å². The molecule has 132 valence electrons. The van der Waals surface area contributed by atoms with E-state index in [4.69, 9.17) is 4.52 Å². The van der Waals surface area contributed by atoms with E-state index < -0.39 is 0 Å². The van der Waals surface area contributed by atoms with Gasteiger partial charge in [0.1, 0.15) is 0 Å². The first-order chi connectivity index (χ1) is 12.7. The molecule has 1 aliphatic rings. The van der Waals surface area contributed by atoms with Gasteiger partial charge in [-0.15, -0.1) is 0 Å². The summed E-state index contributed by atoms with van der Waals surface area (Å²) in [4.78, 5) is 18.8. The molecule has 1 saturated heterocycles. The lowest BCUT2D eigenvalue weighted by molar-refractivity contribution is -0.127. The number of aromatic nitrogens is 2. The quantitative estimate of drug-likeness (QED) is 0.707. The molecule has 1 aromatic heterocycles. The van der Waals surface area contributed by atoms with Crippen molar-refractivity contribution in [3.8, 4) is 11.4 Å². The van der Waals surface area contributed by atoms with E-state index in [1.165, 1.54) is 5.56 Å². The van der Waals surface area contributed by atoms with Crippen LogP contribution in [0.25, 0.3) is 11.4 Å². The fourth-order valence-corrected chi connectivity index (χ4v) is 3.40. The molecule has 1 aliphatic heterocycles. The van der Waals surface area contributed by atoms with Crippen LogP contribution in [-0.4, -0.2) is 34.0 Å². The second-order valence-electron chi connectivity index (χ2n) is 6.75. The zero-order valence-corrected chi connectivity index (χ0v) is 14.8. The maximum absolute atomic E-state index is 12.3.